The summed E-state index contributed by atoms with van der Waals surface area (Å²) in [5, 5.41) is 9.22. The van der Waals surface area contributed by atoms with Crippen molar-refractivity contribution in [2.45, 2.75) is 63.3 Å². The molecule has 0 aromatic carbocycles. The molecule has 2 aliphatic heterocycles. The molecule has 34 heavy (non-hydrogen) atoms. The third kappa shape index (κ3) is 5.57. The van der Waals surface area contributed by atoms with Crippen LogP contribution in [0.2, 0.25) is 0 Å². The lowest BCUT2D eigenvalue weighted by atomic mass is 10.1. The summed E-state index contributed by atoms with van der Waals surface area (Å²) in [6.07, 6.45) is -4.27. The highest BCUT2D eigenvalue weighted by Gasteiger charge is 2.45. The number of nitriles is 1. The molecule has 1 unspecified atom stereocenters. The minimum atomic E-state index is -5.04. The first-order chi connectivity index (χ1) is 15.7. The molecule has 10 nitrogen and oxygen atoms in total. The van der Waals surface area contributed by atoms with E-state index < -0.39 is 40.6 Å². The first-order valence-corrected chi connectivity index (χ1v) is 12.0. The van der Waals surface area contributed by atoms with Crippen LogP contribution in [-0.4, -0.2) is 79.7 Å². The van der Waals surface area contributed by atoms with Crippen molar-refractivity contribution in [1.29, 1.82) is 5.26 Å². The molecule has 0 aliphatic carbocycles. The van der Waals surface area contributed by atoms with Gasteiger partial charge in [0.25, 0.3) is 0 Å². The third-order valence-corrected chi connectivity index (χ3v) is 5.96. The summed E-state index contributed by atoms with van der Waals surface area (Å²) in [6.45, 7) is 5.02. The van der Waals surface area contributed by atoms with Crippen molar-refractivity contribution < 1.29 is 31.7 Å². The van der Waals surface area contributed by atoms with E-state index in [1.165, 1.54) is 11.2 Å². The van der Waals surface area contributed by atoms with E-state index in [2.05, 4.69) is 9.97 Å². The molecule has 2 amide bonds. The highest BCUT2D eigenvalue weighted by molar-refractivity contribution is 7.84. The Morgan fingerprint density at radius 2 is 1.88 bits per heavy atom. The Morgan fingerprint density at radius 1 is 1.21 bits per heavy atom. The van der Waals surface area contributed by atoms with E-state index >= 15 is 0 Å². The Kier molecular flexibility index (Phi) is 7.07. The van der Waals surface area contributed by atoms with E-state index in [-0.39, 0.29) is 55.8 Å². The summed E-state index contributed by atoms with van der Waals surface area (Å²) in [4.78, 5) is 36.7. The normalized spacial score (nSPS) is 19.5. The summed E-state index contributed by atoms with van der Waals surface area (Å²) in [5.74, 6) is -1.74. The van der Waals surface area contributed by atoms with Crippen molar-refractivity contribution in [3.63, 3.8) is 0 Å². The average molecular weight is 503 g/mol. The van der Waals surface area contributed by atoms with Crippen molar-refractivity contribution in [2.24, 2.45) is 0 Å². The Balaban J connectivity index is 1.92. The molecule has 2 aliphatic rings. The molecule has 1 aromatic rings. The molecule has 3 heterocycles. The molecular weight excluding hydrogens is 477 g/mol. The standard InChI is InChI=1S/C20H25F3N6O4S/c1-19(2,3)33-18(31)29-8-7-27(9-12(29)5-6-24)15-13-10-28(16(30)20(21,22)23)11-14(13)25-17(26-15)34(4)32/h12H,5,7-11H2,1-4H3/t12-,34?/m0/s1. The number of hydrogen-bond acceptors (Lipinski definition) is 8. The van der Waals surface area contributed by atoms with Crippen molar-refractivity contribution in [1.82, 2.24) is 19.8 Å². The molecule has 14 heteroatoms. The number of piperazine rings is 1. The van der Waals surface area contributed by atoms with E-state index in [0.29, 0.717) is 10.5 Å². The molecule has 0 spiro atoms. The van der Waals surface area contributed by atoms with Crippen LogP contribution in [0.25, 0.3) is 0 Å². The Hall–Kier alpha value is -2.95. The van der Waals surface area contributed by atoms with Crippen LogP contribution in [0.3, 0.4) is 0 Å². The zero-order valence-electron chi connectivity index (χ0n) is 19.2. The van der Waals surface area contributed by atoms with Gasteiger partial charge in [0.05, 0.1) is 48.1 Å². The predicted molar refractivity (Wildman–Crippen MR) is 114 cm³/mol. The topological polar surface area (TPSA) is 120 Å². The van der Waals surface area contributed by atoms with Gasteiger partial charge in [-0.25, -0.2) is 14.8 Å². The number of nitrogens with zero attached hydrogens (tertiary/aromatic N) is 6. The molecule has 0 bridgehead atoms. The van der Waals surface area contributed by atoms with Crippen LogP contribution in [0.1, 0.15) is 38.4 Å². The van der Waals surface area contributed by atoms with Gasteiger partial charge >= 0.3 is 18.2 Å². The number of anilines is 1. The smallest absolute Gasteiger partial charge is 0.444 e. The molecule has 0 radical (unpaired) electrons. The van der Waals surface area contributed by atoms with Gasteiger partial charge in [0, 0.05) is 31.5 Å². The molecular formula is C20H25F3N6O4S. The van der Waals surface area contributed by atoms with Crippen LogP contribution >= 0.6 is 0 Å². The lowest BCUT2D eigenvalue weighted by Crippen LogP contribution is -2.56. The highest BCUT2D eigenvalue weighted by atomic mass is 32.2. The van der Waals surface area contributed by atoms with Crippen LogP contribution in [0.4, 0.5) is 23.8 Å². The van der Waals surface area contributed by atoms with E-state index in [1.54, 1.807) is 25.7 Å². The second-order valence-corrected chi connectivity index (χ2v) is 10.3. The van der Waals surface area contributed by atoms with Gasteiger partial charge in [-0.05, 0) is 20.8 Å². The number of halogens is 3. The van der Waals surface area contributed by atoms with Gasteiger partial charge in [-0.3, -0.25) is 9.00 Å². The van der Waals surface area contributed by atoms with Crippen LogP contribution in [0.5, 0.6) is 0 Å². The fourth-order valence-corrected chi connectivity index (χ4v) is 4.27. The van der Waals surface area contributed by atoms with Gasteiger partial charge in [0.2, 0.25) is 5.16 Å². The van der Waals surface area contributed by atoms with Crippen molar-refractivity contribution in [3.05, 3.63) is 11.3 Å². The molecule has 1 saturated heterocycles. The van der Waals surface area contributed by atoms with E-state index in [0.717, 1.165) is 0 Å². The van der Waals surface area contributed by atoms with E-state index in [9.17, 15) is 32.2 Å². The third-order valence-electron chi connectivity index (χ3n) is 5.26. The first kappa shape index (κ1) is 25.7. The number of carbonyl (C=O) groups excluding carboxylic acids is 2. The van der Waals surface area contributed by atoms with Crippen LogP contribution in [0, 0.1) is 11.3 Å². The summed E-state index contributed by atoms with van der Waals surface area (Å²) in [7, 11) is -1.62. The summed E-state index contributed by atoms with van der Waals surface area (Å²) >= 11 is 0. The zero-order valence-corrected chi connectivity index (χ0v) is 20.0. The van der Waals surface area contributed by atoms with E-state index in [4.69, 9.17) is 4.74 Å². The maximum absolute atomic E-state index is 13.0. The quantitative estimate of drug-likeness (QED) is 0.576. The van der Waals surface area contributed by atoms with Gasteiger partial charge in [0.1, 0.15) is 11.4 Å². The van der Waals surface area contributed by atoms with E-state index in [1.807, 2.05) is 6.07 Å². The number of fused-ring (bicyclic) bond motifs is 1. The van der Waals surface area contributed by atoms with Crippen LogP contribution in [-0.2, 0) is 33.4 Å². The zero-order chi connectivity index (χ0) is 25.4. The molecule has 0 N–H and O–H groups in total. The fourth-order valence-electron chi connectivity index (χ4n) is 3.82. The predicted octanol–water partition coefficient (Wildman–Crippen LogP) is 1.96. The minimum absolute atomic E-state index is 0.00569. The minimum Gasteiger partial charge on any atom is -0.444 e. The highest BCUT2D eigenvalue weighted by Crippen LogP contribution is 2.34. The van der Waals surface area contributed by atoms with Crippen LogP contribution in [0.15, 0.2) is 5.16 Å². The number of alkyl halides is 3. The molecule has 1 aromatic heterocycles. The number of carbonyl (C=O) groups is 2. The maximum Gasteiger partial charge on any atom is 0.471 e. The average Bonchev–Trinajstić information content (AvgIpc) is 3.14. The Labute approximate surface area is 197 Å². The van der Waals surface area contributed by atoms with Crippen molar-refractivity contribution >= 4 is 28.6 Å². The Morgan fingerprint density at radius 3 is 2.44 bits per heavy atom. The number of amides is 2. The molecule has 0 saturated carbocycles. The summed E-state index contributed by atoms with van der Waals surface area (Å²) in [5.41, 5.74) is -0.208. The second-order valence-electron chi connectivity index (χ2n) is 9.00. The summed E-state index contributed by atoms with van der Waals surface area (Å²) < 4.78 is 56.5. The maximum atomic E-state index is 13.0. The first-order valence-electron chi connectivity index (χ1n) is 10.4. The Bertz CT molecular complexity index is 1050. The summed E-state index contributed by atoms with van der Waals surface area (Å²) in [6, 6.07) is 1.48. The molecule has 2 atom stereocenters. The van der Waals surface area contributed by atoms with Gasteiger partial charge in [-0.1, -0.05) is 0 Å². The SMILES string of the molecule is CS(=O)c1nc2c(c(N3CCN(C(=O)OC(C)(C)C)[C@@H](CC#N)C3)n1)CN(C(=O)C(F)(F)F)C2. The fraction of sp³-hybridized carbons (Fsp3) is 0.650. The monoisotopic (exact) mass is 502 g/mol. The molecule has 3 rings (SSSR count). The number of hydrogen-bond donors (Lipinski definition) is 0. The second kappa shape index (κ2) is 9.36. The van der Waals surface area contributed by atoms with Gasteiger partial charge in [0.15, 0.2) is 0 Å². The van der Waals surface area contributed by atoms with Gasteiger partial charge in [-0.2, -0.15) is 18.4 Å². The molecule has 1 fully saturated rings. The van der Waals surface area contributed by atoms with Gasteiger partial charge < -0.3 is 19.4 Å². The van der Waals surface area contributed by atoms with Crippen molar-refractivity contribution in [3.8, 4) is 6.07 Å². The number of ether oxygens (including phenoxy) is 1. The molecule has 186 valence electrons. The number of aromatic nitrogens is 2. The largest absolute Gasteiger partial charge is 0.471 e. The lowest BCUT2D eigenvalue weighted by Gasteiger charge is -2.41. The number of rotatable bonds is 3. The van der Waals surface area contributed by atoms with Crippen LogP contribution < -0.4 is 4.90 Å². The van der Waals surface area contributed by atoms with Gasteiger partial charge in [-0.15, -0.1) is 0 Å². The lowest BCUT2D eigenvalue weighted by molar-refractivity contribution is -0.186. The van der Waals surface area contributed by atoms with Crippen molar-refractivity contribution in [2.75, 3.05) is 30.8 Å².